The molecule has 1 fully saturated rings. The van der Waals surface area contributed by atoms with E-state index in [9.17, 15) is 9.59 Å². The number of rotatable bonds is 4. The number of hydrogen-bond acceptors (Lipinski definition) is 2. The molecule has 1 aliphatic rings. The third kappa shape index (κ3) is 3.77. The highest BCUT2D eigenvalue weighted by molar-refractivity contribution is 6.35. The zero-order chi connectivity index (χ0) is 15.6. The molecule has 112 valence electrons. The molecule has 0 spiro atoms. The molecular weight excluding hydrogens is 313 g/mol. The van der Waals surface area contributed by atoms with Crippen molar-refractivity contribution in [2.24, 2.45) is 11.8 Å². The van der Waals surface area contributed by atoms with Crippen molar-refractivity contribution in [1.82, 2.24) is 4.90 Å². The van der Waals surface area contributed by atoms with Crippen LogP contribution in [0.25, 0.3) is 6.08 Å². The van der Waals surface area contributed by atoms with E-state index >= 15 is 0 Å². The Balaban J connectivity index is 1.91. The minimum absolute atomic E-state index is 0.0268. The molecule has 1 aromatic carbocycles. The van der Waals surface area contributed by atoms with Gasteiger partial charge in [-0.1, -0.05) is 36.2 Å². The number of amides is 1. The van der Waals surface area contributed by atoms with E-state index in [2.05, 4.69) is 0 Å². The molecule has 1 aliphatic heterocycles. The van der Waals surface area contributed by atoms with E-state index in [-0.39, 0.29) is 11.8 Å². The highest BCUT2D eigenvalue weighted by Crippen LogP contribution is 2.25. The molecule has 1 aromatic rings. The van der Waals surface area contributed by atoms with Gasteiger partial charge in [-0.3, -0.25) is 9.59 Å². The van der Waals surface area contributed by atoms with E-state index in [4.69, 9.17) is 28.3 Å². The highest BCUT2D eigenvalue weighted by Gasteiger charge is 2.36. The van der Waals surface area contributed by atoms with Gasteiger partial charge in [0.15, 0.2) is 0 Å². The SMILES string of the molecule is CC(C(=O)O)C1CN(C(=O)/C=C/c2ccc(Cl)cc2Cl)C1. The molecule has 21 heavy (non-hydrogen) atoms. The number of carbonyl (C=O) groups is 2. The summed E-state index contributed by atoms with van der Waals surface area (Å²) >= 11 is 11.8. The summed E-state index contributed by atoms with van der Waals surface area (Å²) in [4.78, 5) is 24.4. The van der Waals surface area contributed by atoms with Crippen molar-refractivity contribution < 1.29 is 14.7 Å². The van der Waals surface area contributed by atoms with Gasteiger partial charge >= 0.3 is 5.97 Å². The molecule has 1 unspecified atom stereocenters. The fraction of sp³-hybridized carbons (Fsp3) is 0.333. The maximum absolute atomic E-state index is 11.9. The Bertz CT molecular complexity index is 595. The summed E-state index contributed by atoms with van der Waals surface area (Å²) in [6, 6.07) is 5.05. The van der Waals surface area contributed by atoms with Crippen molar-refractivity contribution in [2.75, 3.05) is 13.1 Å². The predicted molar refractivity (Wildman–Crippen MR) is 82.4 cm³/mol. The van der Waals surface area contributed by atoms with E-state index in [0.717, 1.165) is 0 Å². The maximum Gasteiger partial charge on any atom is 0.306 e. The fourth-order valence-electron chi connectivity index (χ4n) is 2.11. The molecular formula is C15H15Cl2NO3. The van der Waals surface area contributed by atoms with E-state index in [1.807, 2.05) is 0 Å². The number of carboxylic acid groups (broad SMARTS) is 1. The minimum Gasteiger partial charge on any atom is -0.481 e. The fourth-order valence-corrected chi connectivity index (χ4v) is 2.59. The third-order valence-electron chi connectivity index (χ3n) is 3.69. The lowest BCUT2D eigenvalue weighted by molar-refractivity contribution is -0.148. The quantitative estimate of drug-likeness (QED) is 0.864. The Kier molecular flexibility index (Phi) is 4.91. The molecule has 1 atom stereocenters. The molecule has 0 saturated carbocycles. The summed E-state index contributed by atoms with van der Waals surface area (Å²) in [6.07, 6.45) is 3.08. The molecule has 4 nitrogen and oxygen atoms in total. The first-order chi connectivity index (χ1) is 9.88. The number of carbonyl (C=O) groups excluding carboxylic acids is 1. The smallest absolute Gasteiger partial charge is 0.306 e. The summed E-state index contributed by atoms with van der Waals surface area (Å²) in [5, 5.41) is 9.92. The van der Waals surface area contributed by atoms with Gasteiger partial charge < -0.3 is 10.0 Å². The van der Waals surface area contributed by atoms with Crippen LogP contribution in [0.1, 0.15) is 12.5 Å². The second-order valence-electron chi connectivity index (χ2n) is 5.13. The van der Waals surface area contributed by atoms with Crippen LogP contribution in [0.15, 0.2) is 24.3 Å². The number of nitrogens with zero attached hydrogens (tertiary/aromatic N) is 1. The lowest BCUT2D eigenvalue weighted by Gasteiger charge is -2.40. The second-order valence-corrected chi connectivity index (χ2v) is 5.97. The molecule has 0 bridgehead atoms. The van der Waals surface area contributed by atoms with Gasteiger partial charge in [0, 0.05) is 35.1 Å². The molecule has 0 aliphatic carbocycles. The lowest BCUT2D eigenvalue weighted by Crippen LogP contribution is -2.53. The number of benzene rings is 1. The first-order valence-electron chi connectivity index (χ1n) is 6.53. The normalized spacial score (nSPS) is 16.8. The van der Waals surface area contributed by atoms with Gasteiger partial charge in [-0.15, -0.1) is 0 Å². The van der Waals surface area contributed by atoms with Gasteiger partial charge in [-0.05, 0) is 23.8 Å². The Morgan fingerprint density at radius 2 is 2.05 bits per heavy atom. The van der Waals surface area contributed by atoms with Crippen molar-refractivity contribution >= 4 is 41.2 Å². The Morgan fingerprint density at radius 3 is 2.62 bits per heavy atom. The third-order valence-corrected chi connectivity index (χ3v) is 4.25. The largest absolute Gasteiger partial charge is 0.481 e. The summed E-state index contributed by atoms with van der Waals surface area (Å²) in [5.74, 6) is -1.37. The molecule has 6 heteroatoms. The Morgan fingerprint density at radius 1 is 1.38 bits per heavy atom. The lowest BCUT2D eigenvalue weighted by atomic mass is 9.87. The van der Waals surface area contributed by atoms with Crippen molar-refractivity contribution in [3.63, 3.8) is 0 Å². The topological polar surface area (TPSA) is 57.6 Å². The molecule has 2 rings (SSSR count). The predicted octanol–water partition coefficient (Wildman–Crippen LogP) is 3.19. The van der Waals surface area contributed by atoms with Gasteiger partial charge in [0.25, 0.3) is 0 Å². The standard InChI is InChI=1S/C15H15Cl2NO3/c1-9(15(20)21)11-7-18(8-11)14(19)5-3-10-2-4-12(16)6-13(10)17/h2-6,9,11H,7-8H2,1H3,(H,20,21)/b5-3+. The van der Waals surface area contributed by atoms with E-state index in [1.165, 1.54) is 6.08 Å². The van der Waals surface area contributed by atoms with Crippen molar-refractivity contribution in [3.8, 4) is 0 Å². The van der Waals surface area contributed by atoms with Crippen LogP contribution < -0.4 is 0 Å². The van der Waals surface area contributed by atoms with Gasteiger partial charge in [0.05, 0.1) is 5.92 Å². The van der Waals surface area contributed by atoms with Crippen LogP contribution in [0.2, 0.25) is 10.0 Å². The summed E-state index contributed by atoms with van der Waals surface area (Å²) in [5.41, 5.74) is 0.713. The minimum atomic E-state index is -0.824. The monoisotopic (exact) mass is 327 g/mol. The molecule has 1 amide bonds. The van der Waals surface area contributed by atoms with Gasteiger partial charge in [0.2, 0.25) is 5.91 Å². The van der Waals surface area contributed by atoms with Crippen LogP contribution in [0.3, 0.4) is 0 Å². The van der Waals surface area contributed by atoms with E-state index < -0.39 is 11.9 Å². The zero-order valence-electron chi connectivity index (χ0n) is 11.4. The summed E-state index contributed by atoms with van der Waals surface area (Å²) < 4.78 is 0. The number of carboxylic acids is 1. The van der Waals surface area contributed by atoms with Crippen LogP contribution in [0.5, 0.6) is 0 Å². The van der Waals surface area contributed by atoms with Gasteiger partial charge in [0.1, 0.15) is 0 Å². The summed E-state index contributed by atoms with van der Waals surface area (Å²) in [6.45, 7) is 2.62. The van der Waals surface area contributed by atoms with Gasteiger partial charge in [-0.2, -0.15) is 0 Å². The first kappa shape index (κ1) is 15.9. The average molecular weight is 328 g/mol. The van der Waals surface area contributed by atoms with Gasteiger partial charge in [-0.25, -0.2) is 0 Å². The van der Waals surface area contributed by atoms with Crippen LogP contribution in [-0.4, -0.2) is 35.0 Å². The number of halogens is 2. The molecule has 1 saturated heterocycles. The van der Waals surface area contributed by atoms with Crippen LogP contribution in [0, 0.1) is 11.8 Å². The Hall–Kier alpha value is -1.52. The van der Waals surface area contributed by atoms with Crippen LogP contribution in [0.4, 0.5) is 0 Å². The highest BCUT2D eigenvalue weighted by atomic mass is 35.5. The number of hydrogen-bond donors (Lipinski definition) is 1. The first-order valence-corrected chi connectivity index (χ1v) is 7.29. The number of likely N-dealkylation sites (tertiary alicyclic amines) is 1. The van der Waals surface area contributed by atoms with Crippen molar-refractivity contribution in [3.05, 3.63) is 39.9 Å². The average Bonchev–Trinajstić information content (AvgIpc) is 2.35. The van der Waals surface area contributed by atoms with Crippen molar-refractivity contribution in [1.29, 1.82) is 0 Å². The Labute approximate surface area is 133 Å². The molecule has 1 N–H and O–H groups in total. The molecule has 0 radical (unpaired) electrons. The molecule has 0 aromatic heterocycles. The molecule has 1 heterocycles. The van der Waals surface area contributed by atoms with E-state index in [0.29, 0.717) is 28.7 Å². The summed E-state index contributed by atoms with van der Waals surface area (Å²) in [7, 11) is 0. The zero-order valence-corrected chi connectivity index (χ0v) is 12.9. The van der Waals surface area contributed by atoms with Crippen molar-refractivity contribution in [2.45, 2.75) is 6.92 Å². The maximum atomic E-state index is 11.9. The number of aliphatic carboxylic acids is 1. The van der Waals surface area contributed by atoms with E-state index in [1.54, 1.807) is 36.1 Å². The second kappa shape index (κ2) is 6.50. The van der Waals surface area contributed by atoms with Crippen LogP contribution >= 0.6 is 23.2 Å². The van der Waals surface area contributed by atoms with Crippen LogP contribution in [-0.2, 0) is 9.59 Å².